The molecule has 0 aliphatic carbocycles. The van der Waals surface area contributed by atoms with Gasteiger partial charge in [0.15, 0.2) is 16.6 Å². The summed E-state index contributed by atoms with van der Waals surface area (Å²) in [5.74, 6) is 0.956. The predicted molar refractivity (Wildman–Crippen MR) is 142 cm³/mol. The van der Waals surface area contributed by atoms with Crippen LogP contribution in [0.2, 0.25) is 0 Å². The number of piperidine rings is 1. The molecule has 0 spiro atoms. The lowest BCUT2D eigenvalue weighted by Crippen LogP contribution is -2.67. The average molecular weight is 525 g/mol. The highest BCUT2D eigenvalue weighted by atomic mass is 32.1. The molecule has 3 aliphatic rings. The molecular formula is C27H32N4O5S. The lowest BCUT2D eigenvalue weighted by atomic mass is 9.75. The van der Waals surface area contributed by atoms with E-state index < -0.39 is 5.41 Å². The van der Waals surface area contributed by atoms with Gasteiger partial charge in [0, 0.05) is 58.0 Å². The summed E-state index contributed by atoms with van der Waals surface area (Å²) in [5, 5.41) is 0.196. The van der Waals surface area contributed by atoms with E-state index in [1.54, 1.807) is 40.4 Å². The van der Waals surface area contributed by atoms with Crippen LogP contribution in [0.4, 0.5) is 0 Å². The Balaban J connectivity index is 1.51. The van der Waals surface area contributed by atoms with Gasteiger partial charge in [-0.05, 0) is 54.7 Å². The monoisotopic (exact) mass is 524 g/mol. The summed E-state index contributed by atoms with van der Waals surface area (Å²) in [7, 11) is 6.39. The summed E-state index contributed by atoms with van der Waals surface area (Å²) < 4.78 is 12.7. The summed E-state index contributed by atoms with van der Waals surface area (Å²) in [6.45, 7) is 2.30. The van der Waals surface area contributed by atoms with Crippen LogP contribution in [0.3, 0.4) is 0 Å². The first kappa shape index (κ1) is 25.4. The van der Waals surface area contributed by atoms with Crippen LogP contribution in [-0.4, -0.2) is 84.1 Å². The zero-order valence-corrected chi connectivity index (χ0v) is 22.4. The summed E-state index contributed by atoms with van der Waals surface area (Å²) >= 11 is 5.40. The van der Waals surface area contributed by atoms with Crippen LogP contribution in [0.1, 0.15) is 23.6 Å². The number of thiocarbonyl (C=S) groups is 1. The molecule has 2 bridgehead atoms. The van der Waals surface area contributed by atoms with Gasteiger partial charge in [0.25, 0.3) is 5.56 Å². The molecule has 0 radical (unpaired) electrons. The highest BCUT2D eigenvalue weighted by Crippen LogP contribution is 2.40. The van der Waals surface area contributed by atoms with Crippen LogP contribution in [0.5, 0.6) is 11.5 Å². The Morgan fingerprint density at radius 1 is 0.946 bits per heavy atom. The van der Waals surface area contributed by atoms with E-state index in [2.05, 4.69) is 4.90 Å². The number of rotatable bonds is 6. The maximum atomic E-state index is 13.9. The first-order valence-electron chi connectivity index (χ1n) is 12.4. The van der Waals surface area contributed by atoms with Gasteiger partial charge in [-0.1, -0.05) is 12.1 Å². The molecule has 0 unspecified atom stereocenters. The van der Waals surface area contributed by atoms with Crippen LogP contribution in [-0.2, 0) is 22.6 Å². The molecule has 2 aromatic rings. The number of likely N-dealkylation sites (tertiary alicyclic amines) is 1. The molecule has 196 valence electrons. The van der Waals surface area contributed by atoms with Crippen molar-refractivity contribution in [1.29, 1.82) is 0 Å². The van der Waals surface area contributed by atoms with Crippen molar-refractivity contribution in [3.05, 3.63) is 58.0 Å². The maximum Gasteiger partial charge on any atom is 0.250 e. The Morgan fingerprint density at radius 3 is 2.32 bits per heavy atom. The third kappa shape index (κ3) is 4.21. The molecular weight excluding hydrogens is 492 g/mol. The Kier molecular flexibility index (Phi) is 6.57. The highest BCUT2D eigenvalue weighted by molar-refractivity contribution is 7.80. The van der Waals surface area contributed by atoms with Gasteiger partial charge in [0.05, 0.1) is 14.2 Å². The van der Waals surface area contributed by atoms with Crippen LogP contribution in [0, 0.1) is 11.3 Å². The van der Waals surface area contributed by atoms with E-state index >= 15 is 0 Å². The van der Waals surface area contributed by atoms with Gasteiger partial charge in [-0.2, -0.15) is 0 Å². The number of hydrogen-bond acceptors (Lipinski definition) is 7. The van der Waals surface area contributed by atoms with Gasteiger partial charge in [-0.3, -0.25) is 24.2 Å². The molecule has 2 saturated heterocycles. The van der Waals surface area contributed by atoms with Gasteiger partial charge >= 0.3 is 0 Å². The van der Waals surface area contributed by atoms with Crippen LogP contribution in [0.25, 0.3) is 0 Å². The molecule has 0 saturated carbocycles. The molecule has 2 amide bonds. The van der Waals surface area contributed by atoms with Gasteiger partial charge in [-0.25, -0.2) is 0 Å². The van der Waals surface area contributed by atoms with Crippen molar-refractivity contribution in [2.75, 3.05) is 47.9 Å². The number of ether oxygens (including phenoxy) is 2. The SMILES string of the molecule is COc1ccc(CC2(CN3C[C@H]4C[C@H](C3)c3cccc(=O)n3C4)C(=O)N(C)C(=S)N(C)C2=O)cc1OC. The molecule has 5 rings (SSSR count). The van der Waals surface area contributed by atoms with E-state index in [0.717, 1.165) is 17.7 Å². The number of aromatic nitrogens is 1. The fraction of sp³-hybridized carbons (Fsp3) is 0.481. The van der Waals surface area contributed by atoms with Crippen molar-refractivity contribution < 1.29 is 19.1 Å². The number of benzene rings is 1. The normalized spacial score (nSPS) is 23.2. The lowest BCUT2D eigenvalue weighted by Gasteiger charge is -2.48. The summed E-state index contributed by atoms with van der Waals surface area (Å²) in [6, 6.07) is 10.9. The van der Waals surface area contributed by atoms with Crippen molar-refractivity contribution in [2.24, 2.45) is 11.3 Å². The standard InChI is InChI=1S/C27H32N4O5S/c1-28-24(33)27(25(34)29(2)26(28)37,12-17-8-9-21(35-3)22(11-17)36-4)16-30-13-18-10-19(15-30)20-6-5-7-23(32)31(20)14-18/h5-9,11,18-19H,10,12-16H2,1-4H3/t18-,19-/m1/s1. The smallest absolute Gasteiger partial charge is 0.250 e. The van der Waals surface area contributed by atoms with E-state index in [-0.39, 0.29) is 47.3 Å². The van der Waals surface area contributed by atoms with E-state index in [9.17, 15) is 14.4 Å². The summed E-state index contributed by atoms with van der Waals surface area (Å²) in [6.07, 6.45) is 1.19. The Morgan fingerprint density at radius 2 is 1.65 bits per heavy atom. The average Bonchev–Trinajstić information content (AvgIpc) is 2.90. The zero-order chi connectivity index (χ0) is 26.5. The van der Waals surface area contributed by atoms with Crippen molar-refractivity contribution in [3.63, 3.8) is 0 Å². The van der Waals surface area contributed by atoms with Crippen LogP contribution in [0.15, 0.2) is 41.2 Å². The fourth-order valence-electron chi connectivity index (χ4n) is 6.32. The minimum atomic E-state index is -1.35. The number of fused-ring (bicyclic) bond motifs is 4. The van der Waals surface area contributed by atoms with E-state index in [0.29, 0.717) is 31.1 Å². The van der Waals surface area contributed by atoms with Crippen LogP contribution < -0.4 is 15.0 Å². The first-order valence-corrected chi connectivity index (χ1v) is 12.8. The first-order chi connectivity index (χ1) is 17.7. The molecule has 0 N–H and O–H groups in total. The second kappa shape index (κ2) is 9.57. The molecule has 37 heavy (non-hydrogen) atoms. The van der Waals surface area contributed by atoms with Crippen LogP contribution >= 0.6 is 12.2 Å². The topological polar surface area (TPSA) is 84.3 Å². The number of amides is 2. The summed E-state index contributed by atoms with van der Waals surface area (Å²) in [5.41, 5.74) is 0.495. The highest BCUT2D eigenvalue weighted by Gasteiger charge is 2.55. The van der Waals surface area contributed by atoms with Crippen molar-refractivity contribution >= 4 is 29.1 Å². The van der Waals surface area contributed by atoms with E-state index in [4.69, 9.17) is 21.7 Å². The molecule has 1 aromatic carbocycles. The molecule has 3 aliphatic heterocycles. The van der Waals surface area contributed by atoms with E-state index in [1.807, 2.05) is 28.8 Å². The second-order valence-electron chi connectivity index (χ2n) is 10.4. The van der Waals surface area contributed by atoms with Gasteiger partial charge in [0.2, 0.25) is 11.8 Å². The predicted octanol–water partition coefficient (Wildman–Crippen LogP) is 1.73. The van der Waals surface area contributed by atoms with Gasteiger partial charge in [-0.15, -0.1) is 0 Å². The van der Waals surface area contributed by atoms with Crippen molar-refractivity contribution in [3.8, 4) is 11.5 Å². The number of carbonyl (C=O) groups excluding carboxylic acids is 2. The largest absolute Gasteiger partial charge is 0.493 e. The number of hydrogen-bond donors (Lipinski definition) is 0. The minimum absolute atomic E-state index is 0.0278. The Bertz CT molecular complexity index is 1300. The van der Waals surface area contributed by atoms with E-state index in [1.165, 1.54) is 9.80 Å². The van der Waals surface area contributed by atoms with Crippen molar-refractivity contribution in [1.82, 2.24) is 19.3 Å². The number of carbonyl (C=O) groups is 2. The lowest BCUT2D eigenvalue weighted by molar-refractivity contribution is -0.157. The number of methoxy groups -OCH3 is 2. The number of nitrogens with zero attached hydrogens (tertiary/aromatic N) is 4. The third-order valence-electron chi connectivity index (χ3n) is 8.00. The maximum absolute atomic E-state index is 13.9. The molecule has 2 fully saturated rings. The quantitative estimate of drug-likeness (QED) is 0.420. The van der Waals surface area contributed by atoms with Crippen molar-refractivity contribution in [2.45, 2.75) is 25.3 Å². The third-order valence-corrected chi connectivity index (χ3v) is 8.55. The fourth-order valence-corrected chi connectivity index (χ4v) is 6.49. The minimum Gasteiger partial charge on any atom is -0.493 e. The molecule has 9 nitrogen and oxygen atoms in total. The summed E-state index contributed by atoms with van der Waals surface area (Å²) in [4.78, 5) is 45.4. The molecule has 1 aromatic heterocycles. The molecule has 2 atom stereocenters. The molecule has 4 heterocycles. The Hall–Kier alpha value is -3.24. The zero-order valence-electron chi connectivity index (χ0n) is 21.6. The number of pyridine rings is 1. The molecule has 10 heteroatoms. The second-order valence-corrected chi connectivity index (χ2v) is 10.7. The van der Waals surface area contributed by atoms with Gasteiger partial charge < -0.3 is 18.9 Å². The Labute approximate surface area is 221 Å². The van der Waals surface area contributed by atoms with Gasteiger partial charge in [0.1, 0.15) is 5.41 Å².